The number of hydrogen-bond acceptors (Lipinski definition) is 8. The summed E-state index contributed by atoms with van der Waals surface area (Å²) >= 11 is 0. The quantitative estimate of drug-likeness (QED) is 0.309. The van der Waals surface area contributed by atoms with Gasteiger partial charge >= 0.3 is 0 Å². The van der Waals surface area contributed by atoms with E-state index in [9.17, 15) is 14.0 Å². The average Bonchev–Trinajstić information content (AvgIpc) is 3.64. The number of nitrogens with one attached hydrogen (secondary N) is 2. The van der Waals surface area contributed by atoms with Crippen molar-refractivity contribution in [1.29, 1.82) is 5.41 Å². The molecule has 4 aliphatic rings. The molecule has 0 radical (unpaired) electrons. The Morgan fingerprint density at radius 1 is 1.20 bits per heavy atom. The first-order valence-electron chi connectivity index (χ1n) is 15.2. The molecular weight excluding hydrogens is 527 g/mol. The van der Waals surface area contributed by atoms with Gasteiger partial charge in [-0.2, -0.15) is 0 Å². The standard InChI is InChI=1S/C31H43FN4O5/c1-19-15-24(41-30-26(32)3-2-10-34-30)7-5-20(19)4-6-22(38)18-35-27-17-21-16-25(21)28(27)29(33)31(39)36-11-8-23(9-12-36)40-14-13-37/h2-3,10,19-21,23-25,33,35,37H,4-9,11-18H2,1H3/t19-,20?,21-,24-,25-/m1/s1. The number of fused-ring (bicyclic) bond motifs is 1. The highest BCUT2D eigenvalue weighted by atomic mass is 19.1. The number of carbonyl (C=O) groups is 2. The zero-order valence-electron chi connectivity index (χ0n) is 23.9. The van der Waals surface area contributed by atoms with Crippen molar-refractivity contribution in [2.75, 3.05) is 32.8 Å². The monoisotopic (exact) mass is 570 g/mol. The Morgan fingerprint density at radius 3 is 2.73 bits per heavy atom. The van der Waals surface area contributed by atoms with Crippen molar-refractivity contribution in [3.63, 3.8) is 0 Å². The molecule has 1 unspecified atom stereocenters. The third kappa shape index (κ3) is 7.33. The minimum Gasteiger partial charge on any atom is -0.472 e. The smallest absolute Gasteiger partial charge is 0.272 e. The van der Waals surface area contributed by atoms with Crippen LogP contribution in [0.4, 0.5) is 4.39 Å². The molecule has 0 aromatic carbocycles. The zero-order chi connectivity index (χ0) is 28.9. The van der Waals surface area contributed by atoms with Crippen molar-refractivity contribution < 1.29 is 28.6 Å². The van der Waals surface area contributed by atoms with E-state index >= 15 is 0 Å². The van der Waals surface area contributed by atoms with Crippen LogP contribution >= 0.6 is 0 Å². The molecule has 224 valence electrons. The molecule has 10 heteroatoms. The lowest BCUT2D eigenvalue weighted by Gasteiger charge is -2.34. The molecular formula is C31H43FN4O5. The Kier molecular flexibility index (Phi) is 9.70. The summed E-state index contributed by atoms with van der Waals surface area (Å²) in [5, 5.41) is 21.0. The van der Waals surface area contributed by atoms with E-state index in [4.69, 9.17) is 20.0 Å². The van der Waals surface area contributed by atoms with Gasteiger partial charge in [-0.25, -0.2) is 9.37 Å². The number of rotatable bonds is 13. The molecule has 2 heterocycles. The summed E-state index contributed by atoms with van der Waals surface area (Å²) in [7, 11) is 0. The van der Waals surface area contributed by atoms with Gasteiger partial charge in [-0.05, 0) is 87.2 Å². The zero-order valence-corrected chi connectivity index (χ0v) is 23.9. The van der Waals surface area contributed by atoms with Crippen molar-refractivity contribution in [2.24, 2.45) is 23.7 Å². The number of allylic oxidation sites excluding steroid dienone is 1. The molecule has 3 N–H and O–H groups in total. The minimum absolute atomic E-state index is 0.00905. The van der Waals surface area contributed by atoms with Gasteiger partial charge in [-0.15, -0.1) is 0 Å². The molecule has 2 saturated carbocycles. The molecule has 3 fully saturated rings. The molecule has 9 nitrogen and oxygen atoms in total. The van der Waals surface area contributed by atoms with Gasteiger partial charge in [0, 0.05) is 37.0 Å². The highest BCUT2D eigenvalue weighted by Gasteiger charge is 2.49. The van der Waals surface area contributed by atoms with Gasteiger partial charge in [-0.3, -0.25) is 15.0 Å². The molecule has 1 saturated heterocycles. The third-order valence-electron chi connectivity index (χ3n) is 9.34. The fourth-order valence-electron chi connectivity index (χ4n) is 6.85. The Labute approximate surface area is 241 Å². The lowest BCUT2D eigenvalue weighted by Crippen LogP contribution is -2.44. The van der Waals surface area contributed by atoms with Crippen LogP contribution in [0.25, 0.3) is 0 Å². The van der Waals surface area contributed by atoms with Crippen LogP contribution in [0.2, 0.25) is 0 Å². The van der Waals surface area contributed by atoms with Crippen LogP contribution in [0.1, 0.15) is 64.7 Å². The van der Waals surface area contributed by atoms with Crippen molar-refractivity contribution in [1.82, 2.24) is 15.2 Å². The van der Waals surface area contributed by atoms with Crippen LogP contribution in [0.15, 0.2) is 29.6 Å². The number of piperidine rings is 1. The van der Waals surface area contributed by atoms with E-state index in [1.807, 2.05) is 0 Å². The summed E-state index contributed by atoms with van der Waals surface area (Å²) in [4.78, 5) is 31.7. The van der Waals surface area contributed by atoms with E-state index in [0.29, 0.717) is 56.7 Å². The Balaban J connectivity index is 1.06. The van der Waals surface area contributed by atoms with Crippen LogP contribution in [-0.2, 0) is 14.3 Å². The van der Waals surface area contributed by atoms with E-state index in [0.717, 1.165) is 49.8 Å². The van der Waals surface area contributed by atoms with Crippen LogP contribution in [0, 0.1) is 34.9 Å². The number of ether oxygens (including phenoxy) is 2. The van der Waals surface area contributed by atoms with Gasteiger partial charge in [0.2, 0.25) is 0 Å². The summed E-state index contributed by atoms with van der Waals surface area (Å²) in [6.07, 6.45) is 8.62. The normalized spacial score (nSPS) is 27.9. The predicted molar refractivity (Wildman–Crippen MR) is 151 cm³/mol. The largest absolute Gasteiger partial charge is 0.472 e. The van der Waals surface area contributed by atoms with Crippen LogP contribution in [0.5, 0.6) is 5.88 Å². The van der Waals surface area contributed by atoms with Crippen molar-refractivity contribution in [3.05, 3.63) is 35.4 Å². The lowest BCUT2D eigenvalue weighted by atomic mass is 9.76. The lowest BCUT2D eigenvalue weighted by molar-refractivity contribution is -0.126. The summed E-state index contributed by atoms with van der Waals surface area (Å²) in [5.74, 6) is 1.05. The summed E-state index contributed by atoms with van der Waals surface area (Å²) < 4.78 is 25.3. The van der Waals surface area contributed by atoms with Crippen LogP contribution < -0.4 is 10.1 Å². The first-order valence-corrected chi connectivity index (χ1v) is 15.2. The van der Waals surface area contributed by atoms with Crippen molar-refractivity contribution in [3.8, 4) is 5.88 Å². The van der Waals surface area contributed by atoms with E-state index in [-0.39, 0.29) is 54.6 Å². The molecule has 1 aromatic heterocycles. The van der Waals surface area contributed by atoms with E-state index in [2.05, 4.69) is 17.2 Å². The Bertz CT molecular complexity index is 1150. The van der Waals surface area contributed by atoms with Gasteiger partial charge in [0.1, 0.15) is 11.8 Å². The molecule has 1 aliphatic heterocycles. The number of aliphatic hydroxyl groups excluding tert-OH is 1. The van der Waals surface area contributed by atoms with E-state index < -0.39 is 5.82 Å². The topological polar surface area (TPSA) is 125 Å². The number of aliphatic hydroxyl groups is 1. The number of aromatic nitrogens is 1. The molecule has 5 atom stereocenters. The summed E-state index contributed by atoms with van der Waals surface area (Å²) in [6, 6.07) is 2.90. The summed E-state index contributed by atoms with van der Waals surface area (Å²) in [5.41, 5.74) is 1.77. The fourth-order valence-corrected chi connectivity index (χ4v) is 6.85. The minimum atomic E-state index is -0.442. The third-order valence-corrected chi connectivity index (χ3v) is 9.34. The number of likely N-dealkylation sites (tertiary alicyclic amines) is 1. The maximum Gasteiger partial charge on any atom is 0.272 e. The highest BCUT2D eigenvalue weighted by Crippen LogP contribution is 2.54. The number of hydrogen-bond donors (Lipinski definition) is 3. The van der Waals surface area contributed by atoms with Gasteiger partial charge in [0.25, 0.3) is 11.8 Å². The van der Waals surface area contributed by atoms with Crippen LogP contribution in [0.3, 0.4) is 0 Å². The molecule has 1 amide bonds. The van der Waals surface area contributed by atoms with E-state index in [1.54, 1.807) is 11.0 Å². The fraction of sp³-hybridized carbons (Fsp3) is 0.677. The Morgan fingerprint density at radius 2 is 2.00 bits per heavy atom. The maximum atomic E-state index is 13.9. The molecule has 3 aliphatic carbocycles. The number of amides is 1. The number of pyridine rings is 1. The number of carbonyl (C=O) groups excluding carboxylic acids is 2. The Hall–Kier alpha value is -2.85. The highest BCUT2D eigenvalue weighted by molar-refractivity contribution is 6.44. The van der Waals surface area contributed by atoms with Gasteiger partial charge in [0.05, 0.1) is 25.9 Å². The van der Waals surface area contributed by atoms with Crippen LogP contribution in [-0.4, -0.2) is 77.4 Å². The average molecular weight is 571 g/mol. The first kappa shape index (κ1) is 29.6. The molecule has 0 bridgehead atoms. The number of nitrogens with zero attached hydrogens (tertiary/aromatic N) is 2. The van der Waals surface area contributed by atoms with Gasteiger partial charge in [-0.1, -0.05) is 6.92 Å². The predicted octanol–water partition coefficient (Wildman–Crippen LogP) is 3.66. The van der Waals surface area contributed by atoms with Crippen molar-refractivity contribution >= 4 is 17.4 Å². The summed E-state index contributed by atoms with van der Waals surface area (Å²) in [6.45, 7) is 3.79. The molecule has 5 rings (SSSR count). The second-order valence-electron chi connectivity index (χ2n) is 12.2. The second kappa shape index (κ2) is 13.4. The van der Waals surface area contributed by atoms with Gasteiger partial charge in [0.15, 0.2) is 11.6 Å². The molecule has 41 heavy (non-hydrogen) atoms. The molecule has 1 aromatic rings. The maximum absolute atomic E-state index is 13.9. The van der Waals surface area contributed by atoms with Crippen molar-refractivity contribution in [2.45, 2.75) is 76.9 Å². The number of ketones is 1. The second-order valence-corrected chi connectivity index (χ2v) is 12.2. The van der Waals surface area contributed by atoms with E-state index in [1.165, 1.54) is 12.3 Å². The molecule has 0 spiro atoms. The first-order chi connectivity index (χ1) is 19.8. The number of Topliss-reactive ketones (excluding diaryl/α,β-unsaturated/α-hetero) is 1. The van der Waals surface area contributed by atoms with Gasteiger partial charge < -0.3 is 24.8 Å². The SMILES string of the molecule is C[C@@H]1C[C@H](Oc2ncccc2F)CCC1CCC(=O)CNC1=C(C(=N)C(=O)N2CCC(OCCO)CC2)[C@@H]2C[C@@H]2C1. The number of halogens is 1.